The number of halogens is 3. The summed E-state index contributed by atoms with van der Waals surface area (Å²) >= 11 is 0. The highest BCUT2D eigenvalue weighted by molar-refractivity contribution is 5.66. The van der Waals surface area contributed by atoms with Gasteiger partial charge in [0.1, 0.15) is 5.82 Å². The topological polar surface area (TPSA) is 9.23 Å². The second-order valence-corrected chi connectivity index (χ2v) is 8.12. The third kappa shape index (κ3) is 5.22. The molecule has 2 aromatic rings. The molecule has 2 unspecified atom stereocenters. The quantitative estimate of drug-likeness (QED) is 0.412. The van der Waals surface area contributed by atoms with Crippen LogP contribution in [-0.4, -0.2) is 12.7 Å². The van der Waals surface area contributed by atoms with Crippen molar-refractivity contribution in [3.05, 3.63) is 58.9 Å². The van der Waals surface area contributed by atoms with Crippen molar-refractivity contribution in [2.24, 2.45) is 0 Å². The van der Waals surface area contributed by atoms with E-state index in [0.717, 1.165) is 56.9 Å². The van der Waals surface area contributed by atoms with Gasteiger partial charge in [-0.25, -0.2) is 13.2 Å². The fraction of sp³-hybridized carbons (Fsp3) is 0.520. The van der Waals surface area contributed by atoms with Gasteiger partial charge < -0.3 is 4.74 Å². The van der Waals surface area contributed by atoms with Crippen molar-refractivity contribution >= 4 is 0 Å². The Hall–Kier alpha value is -1.81. The first-order chi connectivity index (χ1) is 14.0. The maximum atomic E-state index is 14.8. The first kappa shape index (κ1) is 21.9. The minimum absolute atomic E-state index is 0.0237. The zero-order chi connectivity index (χ0) is 20.8. The molecule has 0 aliphatic carbocycles. The Labute approximate surface area is 172 Å². The fourth-order valence-corrected chi connectivity index (χ4v) is 4.20. The average molecular weight is 405 g/mol. The van der Waals surface area contributed by atoms with E-state index in [4.69, 9.17) is 4.74 Å². The molecule has 158 valence electrons. The number of ether oxygens (including phenoxy) is 1. The summed E-state index contributed by atoms with van der Waals surface area (Å²) in [7, 11) is 0. The molecule has 1 aliphatic rings. The molecule has 1 aliphatic heterocycles. The van der Waals surface area contributed by atoms with Crippen LogP contribution in [-0.2, 0) is 11.2 Å². The van der Waals surface area contributed by atoms with Crippen molar-refractivity contribution in [1.82, 2.24) is 0 Å². The minimum Gasteiger partial charge on any atom is -0.378 e. The van der Waals surface area contributed by atoms with Gasteiger partial charge in [0.15, 0.2) is 11.6 Å². The largest absolute Gasteiger partial charge is 0.378 e. The van der Waals surface area contributed by atoms with Crippen molar-refractivity contribution < 1.29 is 17.9 Å². The van der Waals surface area contributed by atoms with Crippen LogP contribution >= 0.6 is 0 Å². The van der Waals surface area contributed by atoms with Gasteiger partial charge in [0.05, 0.1) is 12.7 Å². The van der Waals surface area contributed by atoms with E-state index in [1.807, 2.05) is 6.07 Å². The van der Waals surface area contributed by atoms with Crippen LogP contribution in [0.25, 0.3) is 11.1 Å². The number of benzene rings is 2. The zero-order valence-electron chi connectivity index (χ0n) is 17.4. The van der Waals surface area contributed by atoms with Gasteiger partial charge in [0.25, 0.3) is 0 Å². The Bertz CT molecular complexity index is 810. The zero-order valence-corrected chi connectivity index (χ0v) is 17.4. The maximum Gasteiger partial charge on any atom is 0.167 e. The molecule has 29 heavy (non-hydrogen) atoms. The van der Waals surface area contributed by atoms with Gasteiger partial charge >= 0.3 is 0 Å². The summed E-state index contributed by atoms with van der Waals surface area (Å²) in [4.78, 5) is 0. The van der Waals surface area contributed by atoms with E-state index in [1.165, 1.54) is 12.1 Å². The molecule has 0 amide bonds. The lowest BCUT2D eigenvalue weighted by molar-refractivity contribution is -0.00181. The standard InChI is InChI=1S/C25H31F3O/c1-3-5-6-8-17-9-12-21(23(26)15-17)22-14-13-20(24(27)25(22)28)18-10-11-19(7-4-2)29-16-18/h9,12-15,18-19H,3-8,10-11,16H2,1-2H3. The molecule has 2 aromatic carbocycles. The van der Waals surface area contributed by atoms with Crippen LogP contribution in [0.3, 0.4) is 0 Å². The van der Waals surface area contributed by atoms with Crippen molar-refractivity contribution in [3.63, 3.8) is 0 Å². The maximum absolute atomic E-state index is 14.8. The highest BCUT2D eigenvalue weighted by atomic mass is 19.2. The predicted molar refractivity (Wildman–Crippen MR) is 112 cm³/mol. The smallest absolute Gasteiger partial charge is 0.167 e. The Kier molecular flexibility index (Phi) is 7.77. The van der Waals surface area contributed by atoms with Gasteiger partial charge in [-0.05, 0) is 49.3 Å². The normalized spacial score (nSPS) is 19.5. The number of unbranched alkanes of at least 4 members (excludes halogenated alkanes) is 2. The van der Waals surface area contributed by atoms with E-state index in [0.29, 0.717) is 12.2 Å². The second kappa shape index (κ2) is 10.3. The van der Waals surface area contributed by atoms with Crippen LogP contribution < -0.4 is 0 Å². The molecule has 2 atom stereocenters. The van der Waals surface area contributed by atoms with Crippen molar-refractivity contribution in [2.75, 3.05) is 6.61 Å². The van der Waals surface area contributed by atoms with Crippen LogP contribution in [0.2, 0.25) is 0 Å². The van der Waals surface area contributed by atoms with Gasteiger partial charge in [0.2, 0.25) is 0 Å². The molecule has 4 heteroatoms. The second-order valence-electron chi connectivity index (χ2n) is 8.12. The van der Waals surface area contributed by atoms with Gasteiger partial charge in [-0.1, -0.05) is 57.4 Å². The summed E-state index contributed by atoms with van der Waals surface area (Å²) in [5.74, 6) is -2.52. The van der Waals surface area contributed by atoms with Crippen molar-refractivity contribution in [1.29, 1.82) is 0 Å². The number of hydrogen-bond acceptors (Lipinski definition) is 1. The number of rotatable bonds is 8. The number of aryl methyl sites for hydroxylation is 1. The summed E-state index contributed by atoms with van der Waals surface area (Å²) in [5.41, 5.74) is 1.30. The highest BCUT2D eigenvalue weighted by Crippen LogP contribution is 2.35. The third-order valence-corrected chi connectivity index (χ3v) is 5.93. The lowest BCUT2D eigenvalue weighted by Crippen LogP contribution is -2.25. The van der Waals surface area contributed by atoms with Crippen LogP contribution in [0.5, 0.6) is 0 Å². The Morgan fingerprint density at radius 2 is 1.69 bits per heavy atom. The molecular formula is C25H31F3O. The third-order valence-electron chi connectivity index (χ3n) is 5.93. The monoisotopic (exact) mass is 404 g/mol. The molecule has 0 saturated carbocycles. The van der Waals surface area contributed by atoms with Crippen molar-refractivity contribution in [3.8, 4) is 11.1 Å². The molecule has 1 heterocycles. The SMILES string of the molecule is CCCCCc1ccc(-c2ccc(C3CCC(CCC)OC3)c(F)c2F)c(F)c1. The van der Waals surface area contributed by atoms with E-state index in [2.05, 4.69) is 13.8 Å². The van der Waals surface area contributed by atoms with Crippen LogP contribution in [0, 0.1) is 17.5 Å². The molecule has 1 fully saturated rings. The lowest BCUT2D eigenvalue weighted by Gasteiger charge is -2.29. The molecule has 0 bridgehead atoms. The average Bonchev–Trinajstić information content (AvgIpc) is 2.72. The summed E-state index contributed by atoms with van der Waals surface area (Å²) < 4.78 is 50.1. The van der Waals surface area contributed by atoms with E-state index in [-0.39, 0.29) is 23.1 Å². The first-order valence-corrected chi connectivity index (χ1v) is 10.9. The van der Waals surface area contributed by atoms with Crippen LogP contribution in [0.1, 0.15) is 75.8 Å². The first-order valence-electron chi connectivity index (χ1n) is 10.9. The van der Waals surface area contributed by atoms with Gasteiger partial charge in [-0.15, -0.1) is 0 Å². The van der Waals surface area contributed by atoms with Crippen LogP contribution in [0.4, 0.5) is 13.2 Å². The summed E-state index contributed by atoms with van der Waals surface area (Å²) in [6.45, 7) is 4.63. The van der Waals surface area contributed by atoms with E-state index < -0.39 is 17.5 Å². The summed E-state index contributed by atoms with van der Waals surface area (Å²) in [6.07, 6.45) is 7.88. The van der Waals surface area contributed by atoms with Crippen LogP contribution in [0.15, 0.2) is 30.3 Å². The molecule has 3 rings (SSSR count). The molecule has 0 N–H and O–H groups in total. The van der Waals surface area contributed by atoms with Gasteiger partial charge in [0, 0.05) is 17.0 Å². The van der Waals surface area contributed by atoms with Gasteiger partial charge in [-0.2, -0.15) is 0 Å². The van der Waals surface area contributed by atoms with Gasteiger partial charge in [-0.3, -0.25) is 0 Å². The van der Waals surface area contributed by atoms with E-state index >= 15 is 0 Å². The molecule has 0 aromatic heterocycles. The molecule has 0 radical (unpaired) electrons. The minimum atomic E-state index is -0.976. The molecule has 1 nitrogen and oxygen atoms in total. The van der Waals surface area contributed by atoms with Crippen molar-refractivity contribution in [2.45, 2.75) is 77.2 Å². The Morgan fingerprint density at radius 1 is 0.897 bits per heavy atom. The van der Waals surface area contributed by atoms with E-state index in [9.17, 15) is 13.2 Å². The Morgan fingerprint density at radius 3 is 2.34 bits per heavy atom. The highest BCUT2D eigenvalue weighted by Gasteiger charge is 2.27. The number of hydrogen-bond donors (Lipinski definition) is 0. The fourth-order valence-electron chi connectivity index (χ4n) is 4.20. The Balaban J connectivity index is 1.77. The predicted octanol–water partition coefficient (Wildman–Crippen LogP) is 7.57. The van der Waals surface area contributed by atoms with E-state index in [1.54, 1.807) is 12.1 Å². The summed E-state index contributed by atoms with van der Waals surface area (Å²) in [6, 6.07) is 7.91. The molecule has 0 spiro atoms. The molecular weight excluding hydrogens is 373 g/mol. The summed E-state index contributed by atoms with van der Waals surface area (Å²) in [5, 5.41) is 0. The molecule has 1 saturated heterocycles. The lowest BCUT2D eigenvalue weighted by atomic mass is 9.88.